The highest BCUT2D eigenvalue weighted by Crippen LogP contribution is 2.30. The lowest BCUT2D eigenvalue weighted by atomic mass is 9.82. The number of carbonyl (C=O) groups is 1. The number of hydrogen-bond donors (Lipinski definition) is 0. The standard InChI is InChI=1S/C20H28N2O2/c1-7-12-24-18(23)16-11-9-8-10-15(16)17(13-21)22-20(5,6)14-19(2,3)4/h8-11H,7,12,14H2,1-6H3. The van der Waals surface area contributed by atoms with Gasteiger partial charge in [-0.3, -0.25) is 4.99 Å². The number of nitrogens with zero attached hydrogens (tertiary/aromatic N) is 2. The molecule has 0 spiro atoms. The third kappa shape index (κ3) is 6.16. The Kier molecular flexibility index (Phi) is 6.71. The molecule has 4 heteroatoms. The second kappa shape index (κ2) is 8.10. The minimum Gasteiger partial charge on any atom is -0.462 e. The Bertz CT molecular complexity index is 646. The lowest BCUT2D eigenvalue weighted by Crippen LogP contribution is -2.27. The monoisotopic (exact) mass is 328 g/mol. The number of benzene rings is 1. The van der Waals surface area contributed by atoms with Crippen LogP contribution in [0.4, 0.5) is 0 Å². The molecule has 0 bridgehead atoms. The van der Waals surface area contributed by atoms with Gasteiger partial charge in [0.15, 0.2) is 0 Å². The summed E-state index contributed by atoms with van der Waals surface area (Å²) in [6.45, 7) is 12.8. The number of esters is 1. The molecule has 0 heterocycles. The Hall–Kier alpha value is -2.15. The van der Waals surface area contributed by atoms with Crippen LogP contribution in [0.15, 0.2) is 29.3 Å². The molecule has 1 aromatic rings. The molecule has 0 N–H and O–H groups in total. The zero-order chi connectivity index (χ0) is 18.4. The van der Waals surface area contributed by atoms with E-state index in [9.17, 15) is 10.1 Å². The van der Waals surface area contributed by atoms with Gasteiger partial charge in [0.05, 0.1) is 17.7 Å². The van der Waals surface area contributed by atoms with E-state index in [1.807, 2.05) is 20.8 Å². The van der Waals surface area contributed by atoms with Gasteiger partial charge in [-0.05, 0) is 38.2 Å². The van der Waals surface area contributed by atoms with E-state index in [0.717, 1.165) is 12.8 Å². The van der Waals surface area contributed by atoms with Crippen LogP contribution in [0.3, 0.4) is 0 Å². The van der Waals surface area contributed by atoms with E-state index in [4.69, 9.17) is 4.74 Å². The van der Waals surface area contributed by atoms with Crippen molar-refractivity contribution in [3.05, 3.63) is 35.4 Å². The maximum atomic E-state index is 12.3. The highest BCUT2D eigenvalue weighted by Gasteiger charge is 2.26. The highest BCUT2D eigenvalue weighted by atomic mass is 16.5. The maximum Gasteiger partial charge on any atom is 0.338 e. The quantitative estimate of drug-likeness (QED) is 0.557. The van der Waals surface area contributed by atoms with Crippen LogP contribution in [0.25, 0.3) is 0 Å². The molecule has 0 aliphatic heterocycles. The summed E-state index contributed by atoms with van der Waals surface area (Å²) in [6, 6.07) is 9.15. The largest absolute Gasteiger partial charge is 0.462 e. The van der Waals surface area contributed by atoms with Crippen molar-refractivity contribution in [2.75, 3.05) is 6.61 Å². The van der Waals surface area contributed by atoms with Gasteiger partial charge in [0, 0.05) is 5.56 Å². The lowest BCUT2D eigenvalue weighted by molar-refractivity contribution is 0.0505. The SMILES string of the molecule is CCCOC(=O)c1ccccc1C(C#N)=NC(C)(C)CC(C)(C)C. The molecule has 0 saturated heterocycles. The van der Waals surface area contributed by atoms with Gasteiger partial charge in [0.1, 0.15) is 11.8 Å². The first-order valence-electron chi connectivity index (χ1n) is 8.36. The van der Waals surface area contributed by atoms with Crippen molar-refractivity contribution >= 4 is 11.7 Å². The van der Waals surface area contributed by atoms with Crippen LogP contribution in [-0.2, 0) is 4.74 Å². The Labute approximate surface area is 145 Å². The smallest absolute Gasteiger partial charge is 0.338 e. The first-order valence-corrected chi connectivity index (χ1v) is 8.36. The first-order chi connectivity index (χ1) is 11.1. The van der Waals surface area contributed by atoms with E-state index in [2.05, 4.69) is 31.8 Å². The van der Waals surface area contributed by atoms with Crippen LogP contribution in [0.2, 0.25) is 0 Å². The number of aliphatic imine (C=N–C) groups is 1. The summed E-state index contributed by atoms with van der Waals surface area (Å²) in [5.41, 5.74) is 0.880. The van der Waals surface area contributed by atoms with Crippen molar-refractivity contribution in [3.63, 3.8) is 0 Å². The third-order valence-electron chi connectivity index (χ3n) is 3.32. The summed E-state index contributed by atoms with van der Waals surface area (Å²) in [5.74, 6) is -0.413. The molecule has 0 fully saturated rings. The van der Waals surface area contributed by atoms with Gasteiger partial charge in [-0.2, -0.15) is 5.26 Å². The fourth-order valence-corrected chi connectivity index (χ4v) is 2.93. The van der Waals surface area contributed by atoms with Crippen LogP contribution in [-0.4, -0.2) is 23.8 Å². The number of nitriles is 1. The third-order valence-corrected chi connectivity index (χ3v) is 3.32. The van der Waals surface area contributed by atoms with Gasteiger partial charge in [-0.1, -0.05) is 45.9 Å². The summed E-state index contributed by atoms with van der Waals surface area (Å²) in [4.78, 5) is 16.9. The fraction of sp³-hybridized carbons (Fsp3) is 0.550. The average molecular weight is 328 g/mol. The summed E-state index contributed by atoms with van der Waals surface area (Å²) in [5, 5.41) is 9.59. The van der Waals surface area contributed by atoms with Crippen molar-refractivity contribution in [3.8, 4) is 6.07 Å². The molecule has 4 nitrogen and oxygen atoms in total. The van der Waals surface area contributed by atoms with Crippen molar-refractivity contribution in [2.45, 2.75) is 59.9 Å². The lowest BCUT2D eigenvalue weighted by Gasteiger charge is -2.29. The number of rotatable bonds is 6. The number of ether oxygens (including phenoxy) is 1. The molecule has 1 rings (SSSR count). The van der Waals surface area contributed by atoms with E-state index in [1.165, 1.54) is 0 Å². The number of hydrogen-bond acceptors (Lipinski definition) is 4. The fourth-order valence-electron chi connectivity index (χ4n) is 2.93. The normalized spacial score (nSPS) is 12.6. The zero-order valence-electron chi connectivity index (χ0n) is 15.6. The van der Waals surface area contributed by atoms with Gasteiger partial charge in [0.2, 0.25) is 0 Å². The van der Waals surface area contributed by atoms with E-state index in [0.29, 0.717) is 17.7 Å². The predicted octanol–water partition coefficient (Wildman–Crippen LogP) is 4.78. The van der Waals surface area contributed by atoms with Crippen LogP contribution in [0, 0.1) is 16.7 Å². The summed E-state index contributed by atoms with van der Waals surface area (Å²) in [7, 11) is 0. The number of carbonyl (C=O) groups excluding carboxylic acids is 1. The van der Waals surface area contributed by atoms with Gasteiger partial charge in [-0.15, -0.1) is 0 Å². The second-order valence-corrected chi connectivity index (χ2v) is 7.80. The average Bonchev–Trinajstić information content (AvgIpc) is 2.48. The Morgan fingerprint density at radius 3 is 2.25 bits per heavy atom. The molecular weight excluding hydrogens is 300 g/mol. The molecule has 0 radical (unpaired) electrons. The molecule has 1 aromatic carbocycles. The van der Waals surface area contributed by atoms with E-state index in [-0.39, 0.29) is 11.1 Å². The molecule has 24 heavy (non-hydrogen) atoms. The van der Waals surface area contributed by atoms with Crippen LogP contribution in [0.1, 0.15) is 70.3 Å². The molecule has 0 aromatic heterocycles. The summed E-state index contributed by atoms with van der Waals surface area (Å²) < 4.78 is 5.22. The minimum absolute atomic E-state index is 0.0904. The topological polar surface area (TPSA) is 62.5 Å². The second-order valence-electron chi connectivity index (χ2n) is 7.80. The van der Waals surface area contributed by atoms with Crippen LogP contribution in [0.5, 0.6) is 0 Å². The highest BCUT2D eigenvalue weighted by molar-refractivity contribution is 6.16. The molecular formula is C20H28N2O2. The Morgan fingerprint density at radius 2 is 1.75 bits per heavy atom. The Morgan fingerprint density at radius 1 is 1.17 bits per heavy atom. The maximum absolute atomic E-state index is 12.3. The van der Waals surface area contributed by atoms with Gasteiger partial charge in [0.25, 0.3) is 0 Å². The summed E-state index contributed by atoms with van der Waals surface area (Å²) >= 11 is 0. The predicted molar refractivity (Wildman–Crippen MR) is 97.3 cm³/mol. The van der Waals surface area contributed by atoms with Crippen LogP contribution < -0.4 is 0 Å². The molecule has 0 unspecified atom stereocenters. The Balaban J connectivity index is 3.24. The van der Waals surface area contributed by atoms with E-state index in [1.54, 1.807) is 24.3 Å². The van der Waals surface area contributed by atoms with Crippen molar-refractivity contribution in [1.29, 1.82) is 5.26 Å². The molecule has 130 valence electrons. The van der Waals surface area contributed by atoms with Crippen molar-refractivity contribution < 1.29 is 9.53 Å². The van der Waals surface area contributed by atoms with E-state index < -0.39 is 11.5 Å². The molecule has 0 aliphatic carbocycles. The molecule has 0 atom stereocenters. The molecule has 0 amide bonds. The molecule has 0 aliphatic rings. The summed E-state index contributed by atoms with van der Waals surface area (Å²) in [6.07, 6.45) is 1.58. The van der Waals surface area contributed by atoms with Gasteiger partial charge in [-0.25, -0.2) is 4.79 Å². The van der Waals surface area contributed by atoms with Gasteiger partial charge >= 0.3 is 5.97 Å². The van der Waals surface area contributed by atoms with Gasteiger partial charge < -0.3 is 4.74 Å². The van der Waals surface area contributed by atoms with Crippen LogP contribution >= 0.6 is 0 Å². The van der Waals surface area contributed by atoms with Crippen molar-refractivity contribution in [2.24, 2.45) is 10.4 Å². The molecule has 0 saturated carbocycles. The first kappa shape index (κ1) is 19.9. The zero-order valence-corrected chi connectivity index (χ0v) is 15.6. The van der Waals surface area contributed by atoms with Crippen molar-refractivity contribution in [1.82, 2.24) is 0 Å². The minimum atomic E-state index is -0.413. The van der Waals surface area contributed by atoms with E-state index >= 15 is 0 Å².